The fourth-order valence-electron chi connectivity index (χ4n) is 1.63. The number of halogens is 1. The first kappa shape index (κ1) is 13.0. The molecule has 0 saturated heterocycles. The van der Waals surface area contributed by atoms with Crippen molar-refractivity contribution in [3.8, 4) is 0 Å². The molecule has 0 radical (unpaired) electrons. The third-order valence-corrected chi connectivity index (χ3v) is 3.29. The summed E-state index contributed by atoms with van der Waals surface area (Å²) in [4.78, 5) is 4.37. The van der Waals surface area contributed by atoms with Crippen molar-refractivity contribution < 1.29 is 9.50 Å². The van der Waals surface area contributed by atoms with Gasteiger partial charge in [0, 0.05) is 17.2 Å². The molecule has 0 spiro atoms. The van der Waals surface area contributed by atoms with Crippen molar-refractivity contribution in [2.24, 2.45) is 0 Å². The summed E-state index contributed by atoms with van der Waals surface area (Å²) < 4.78 is 17.0. The molecule has 2 heterocycles. The number of aliphatic hydroxyl groups excluding tert-OH is 1. The molecule has 4 nitrogen and oxygen atoms in total. The normalized spacial score (nSPS) is 13.6. The average Bonchev–Trinajstić information content (AvgIpc) is 2.76. The standard InChI is InChI=1S/C12H14FN3OS/c1-12(2,3)11-10(18-16-15-11)9(17)7-4-8(13)6-14-5-7/h4-6,9,17H,1-3H3. The molecule has 0 aliphatic heterocycles. The van der Waals surface area contributed by atoms with Gasteiger partial charge in [-0.3, -0.25) is 4.98 Å². The number of aliphatic hydroxyl groups is 1. The zero-order valence-corrected chi connectivity index (χ0v) is 11.2. The Morgan fingerprint density at radius 2 is 2.06 bits per heavy atom. The molecule has 0 bridgehead atoms. The number of nitrogens with zero attached hydrogens (tertiary/aromatic N) is 3. The summed E-state index contributed by atoms with van der Waals surface area (Å²) in [6.45, 7) is 5.97. The van der Waals surface area contributed by atoms with Gasteiger partial charge in [-0.25, -0.2) is 4.39 Å². The zero-order valence-electron chi connectivity index (χ0n) is 10.4. The third kappa shape index (κ3) is 2.54. The maximum absolute atomic E-state index is 13.1. The van der Waals surface area contributed by atoms with E-state index < -0.39 is 11.9 Å². The van der Waals surface area contributed by atoms with E-state index in [9.17, 15) is 9.50 Å². The van der Waals surface area contributed by atoms with Gasteiger partial charge in [-0.1, -0.05) is 25.3 Å². The lowest BCUT2D eigenvalue weighted by atomic mass is 9.89. The largest absolute Gasteiger partial charge is 0.383 e. The Morgan fingerprint density at radius 3 is 2.67 bits per heavy atom. The van der Waals surface area contributed by atoms with Crippen LogP contribution in [0.4, 0.5) is 4.39 Å². The molecule has 18 heavy (non-hydrogen) atoms. The highest BCUT2D eigenvalue weighted by Crippen LogP contribution is 2.33. The van der Waals surface area contributed by atoms with Crippen molar-refractivity contribution in [1.29, 1.82) is 0 Å². The van der Waals surface area contributed by atoms with E-state index in [2.05, 4.69) is 14.6 Å². The minimum Gasteiger partial charge on any atom is -0.383 e. The zero-order chi connectivity index (χ0) is 13.3. The van der Waals surface area contributed by atoms with Crippen molar-refractivity contribution in [3.63, 3.8) is 0 Å². The molecule has 0 aromatic carbocycles. The molecule has 96 valence electrons. The number of aromatic nitrogens is 3. The van der Waals surface area contributed by atoms with E-state index in [-0.39, 0.29) is 5.41 Å². The molecular weight excluding hydrogens is 253 g/mol. The lowest BCUT2D eigenvalue weighted by Crippen LogP contribution is -2.16. The molecule has 1 N–H and O–H groups in total. The third-order valence-electron chi connectivity index (χ3n) is 2.51. The van der Waals surface area contributed by atoms with E-state index >= 15 is 0 Å². The molecule has 1 unspecified atom stereocenters. The topological polar surface area (TPSA) is 58.9 Å². The van der Waals surface area contributed by atoms with E-state index in [0.29, 0.717) is 10.4 Å². The number of rotatable bonds is 2. The second-order valence-corrected chi connectivity index (χ2v) is 5.86. The van der Waals surface area contributed by atoms with Crippen molar-refractivity contribution in [1.82, 2.24) is 14.6 Å². The quantitative estimate of drug-likeness (QED) is 0.908. The van der Waals surface area contributed by atoms with Gasteiger partial charge in [0.15, 0.2) is 0 Å². The Labute approximate surface area is 109 Å². The van der Waals surface area contributed by atoms with Gasteiger partial charge in [-0.2, -0.15) is 0 Å². The Kier molecular flexibility index (Phi) is 3.41. The molecular formula is C12H14FN3OS. The van der Waals surface area contributed by atoms with E-state index in [1.54, 1.807) is 0 Å². The van der Waals surface area contributed by atoms with Crippen LogP contribution in [-0.2, 0) is 5.41 Å². The minimum atomic E-state index is -0.942. The van der Waals surface area contributed by atoms with Crippen LogP contribution in [0.15, 0.2) is 18.5 Å². The first-order valence-corrected chi connectivity index (χ1v) is 6.28. The van der Waals surface area contributed by atoms with Gasteiger partial charge in [0.05, 0.1) is 16.8 Å². The first-order valence-electron chi connectivity index (χ1n) is 5.51. The second-order valence-electron chi connectivity index (χ2n) is 5.07. The Balaban J connectivity index is 2.41. The van der Waals surface area contributed by atoms with Crippen LogP contribution in [0.2, 0.25) is 0 Å². The summed E-state index contributed by atoms with van der Waals surface area (Å²) >= 11 is 1.12. The van der Waals surface area contributed by atoms with E-state index in [1.807, 2.05) is 20.8 Å². The summed E-state index contributed by atoms with van der Waals surface area (Å²) in [6.07, 6.45) is 1.61. The van der Waals surface area contributed by atoms with Crippen LogP contribution in [-0.4, -0.2) is 19.7 Å². The van der Waals surface area contributed by atoms with E-state index in [0.717, 1.165) is 23.4 Å². The Bertz CT molecular complexity index is 550. The van der Waals surface area contributed by atoms with Crippen molar-refractivity contribution in [2.75, 3.05) is 0 Å². The van der Waals surface area contributed by atoms with Gasteiger partial charge in [0.25, 0.3) is 0 Å². The van der Waals surface area contributed by atoms with Gasteiger partial charge in [-0.15, -0.1) is 5.10 Å². The molecule has 2 aromatic heterocycles. The maximum atomic E-state index is 13.1. The smallest absolute Gasteiger partial charge is 0.141 e. The molecule has 1 atom stereocenters. The summed E-state index contributed by atoms with van der Waals surface area (Å²) in [5, 5.41) is 14.3. The van der Waals surface area contributed by atoms with Crippen LogP contribution < -0.4 is 0 Å². The van der Waals surface area contributed by atoms with Crippen LogP contribution >= 0.6 is 11.5 Å². The predicted molar refractivity (Wildman–Crippen MR) is 66.9 cm³/mol. The van der Waals surface area contributed by atoms with Crippen molar-refractivity contribution in [3.05, 3.63) is 40.4 Å². The van der Waals surface area contributed by atoms with Gasteiger partial charge in [-0.05, 0) is 17.6 Å². The van der Waals surface area contributed by atoms with Crippen LogP contribution in [0.5, 0.6) is 0 Å². The molecule has 0 aliphatic rings. The van der Waals surface area contributed by atoms with Crippen molar-refractivity contribution >= 4 is 11.5 Å². The summed E-state index contributed by atoms with van der Waals surface area (Å²) in [5.74, 6) is -0.471. The highest BCUT2D eigenvalue weighted by molar-refractivity contribution is 7.05. The highest BCUT2D eigenvalue weighted by Gasteiger charge is 2.27. The first-order chi connectivity index (χ1) is 8.39. The van der Waals surface area contributed by atoms with Crippen molar-refractivity contribution in [2.45, 2.75) is 32.3 Å². The van der Waals surface area contributed by atoms with Crippen LogP contribution in [0.3, 0.4) is 0 Å². The van der Waals surface area contributed by atoms with E-state index in [4.69, 9.17) is 0 Å². The minimum absolute atomic E-state index is 0.218. The molecule has 2 aromatic rings. The van der Waals surface area contributed by atoms with Gasteiger partial charge in [0.1, 0.15) is 11.9 Å². The SMILES string of the molecule is CC(C)(C)c1nnsc1C(O)c1cncc(F)c1. The molecule has 0 saturated carbocycles. The predicted octanol–water partition coefficient (Wildman–Crippen LogP) is 2.45. The van der Waals surface area contributed by atoms with Gasteiger partial charge >= 0.3 is 0 Å². The maximum Gasteiger partial charge on any atom is 0.141 e. The van der Waals surface area contributed by atoms with Crippen LogP contribution in [0, 0.1) is 5.82 Å². The van der Waals surface area contributed by atoms with E-state index in [1.165, 1.54) is 12.3 Å². The molecule has 2 rings (SSSR count). The molecule has 0 amide bonds. The lowest BCUT2D eigenvalue weighted by Gasteiger charge is -2.18. The second kappa shape index (κ2) is 4.70. The highest BCUT2D eigenvalue weighted by atomic mass is 32.1. The molecule has 6 heteroatoms. The Hall–Kier alpha value is -1.40. The molecule has 0 fully saturated rings. The lowest BCUT2D eigenvalue weighted by molar-refractivity contribution is 0.220. The average molecular weight is 267 g/mol. The van der Waals surface area contributed by atoms with Crippen LogP contribution in [0.1, 0.15) is 43.0 Å². The monoisotopic (exact) mass is 267 g/mol. The number of hydrogen-bond donors (Lipinski definition) is 1. The fourth-order valence-corrected chi connectivity index (χ4v) is 2.51. The van der Waals surface area contributed by atoms with Gasteiger partial charge in [0.2, 0.25) is 0 Å². The van der Waals surface area contributed by atoms with Gasteiger partial charge < -0.3 is 5.11 Å². The summed E-state index contributed by atoms with van der Waals surface area (Å²) in [7, 11) is 0. The van der Waals surface area contributed by atoms with Crippen LogP contribution in [0.25, 0.3) is 0 Å². The number of pyridine rings is 1. The molecule has 0 aliphatic carbocycles. The number of hydrogen-bond acceptors (Lipinski definition) is 5. The Morgan fingerprint density at radius 1 is 1.33 bits per heavy atom. The summed E-state index contributed by atoms with van der Waals surface area (Å²) in [5.41, 5.74) is 0.917. The summed E-state index contributed by atoms with van der Waals surface area (Å²) in [6, 6.07) is 1.27. The fraction of sp³-hybridized carbons (Fsp3) is 0.417.